The molecule has 0 spiro atoms. The number of hydrogen-bond acceptors (Lipinski definition) is 5. The predicted octanol–water partition coefficient (Wildman–Crippen LogP) is 3.92. The third kappa shape index (κ3) is 3.77. The quantitative estimate of drug-likeness (QED) is 0.588. The van der Waals surface area contributed by atoms with Gasteiger partial charge in [-0.3, -0.25) is 4.79 Å². The SMILES string of the molecule is CCc1oc2ccccc2c1CN(C)C(=O)CSc1nncn1C(C)C. The topological polar surface area (TPSA) is 64.2 Å². The molecule has 0 fully saturated rings. The molecule has 0 radical (unpaired) electrons. The van der Waals surface area contributed by atoms with E-state index in [1.807, 2.05) is 35.9 Å². The van der Waals surface area contributed by atoms with Crippen LogP contribution in [0.1, 0.15) is 38.1 Å². The summed E-state index contributed by atoms with van der Waals surface area (Å²) in [4.78, 5) is 14.3. The lowest BCUT2D eigenvalue weighted by atomic mass is 10.1. The van der Waals surface area contributed by atoms with E-state index in [-0.39, 0.29) is 11.9 Å². The maximum atomic E-state index is 12.6. The van der Waals surface area contributed by atoms with Gasteiger partial charge >= 0.3 is 0 Å². The Morgan fingerprint density at radius 2 is 2.12 bits per heavy atom. The van der Waals surface area contributed by atoms with Gasteiger partial charge in [-0.15, -0.1) is 10.2 Å². The third-order valence-electron chi connectivity index (χ3n) is 4.35. The molecule has 0 unspecified atom stereocenters. The highest BCUT2D eigenvalue weighted by Gasteiger charge is 2.18. The molecule has 3 aromatic rings. The Hall–Kier alpha value is -2.28. The van der Waals surface area contributed by atoms with E-state index in [4.69, 9.17) is 4.42 Å². The highest BCUT2D eigenvalue weighted by Crippen LogP contribution is 2.27. The lowest BCUT2D eigenvalue weighted by Gasteiger charge is -2.17. The van der Waals surface area contributed by atoms with Gasteiger partial charge in [-0.1, -0.05) is 36.9 Å². The normalized spacial score (nSPS) is 11.4. The van der Waals surface area contributed by atoms with Gasteiger partial charge in [0.15, 0.2) is 5.16 Å². The summed E-state index contributed by atoms with van der Waals surface area (Å²) >= 11 is 1.42. The van der Waals surface area contributed by atoms with Crippen LogP contribution in [-0.4, -0.2) is 38.4 Å². The first-order valence-corrected chi connectivity index (χ1v) is 9.75. The molecule has 0 saturated carbocycles. The number of amides is 1. The van der Waals surface area contributed by atoms with Crippen LogP contribution < -0.4 is 0 Å². The minimum atomic E-state index is 0.0561. The summed E-state index contributed by atoms with van der Waals surface area (Å²) in [6, 6.07) is 8.24. The molecule has 0 bridgehead atoms. The van der Waals surface area contributed by atoms with Crippen LogP contribution in [0, 0.1) is 0 Å². The number of aryl methyl sites for hydroxylation is 1. The second-order valence-corrected chi connectivity index (χ2v) is 7.45. The molecule has 0 atom stereocenters. The summed E-state index contributed by atoms with van der Waals surface area (Å²) in [5.74, 6) is 1.33. The van der Waals surface area contributed by atoms with Crippen molar-refractivity contribution in [2.24, 2.45) is 0 Å². The van der Waals surface area contributed by atoms with Crippen LogP contribution in [0.5, 0.6) is 0 Å². The number of hydrogen-bond donors (Lipinski definition) is 0. The van der Waals surface area contributed by atoms with Crippen molar-refractivity contribution in [3.8, 4) is 0 Å². The largest absolute Gasteiger partial charge is 0.461 e. The van der Waals surface area contributed by atoms with E-state index in [9.17, 15) is 4.79 Å². The number of carbonyl (C=O) groups is 1. The van der Waals surface area contributed by atoms with Gasteiger partial charge in [0.25, 0.3) is 0 Å². The van der Waals surface area contributed by atoms with E-state index >= 15 is 0 Å². The Balaban J connectivity index is 1.69. The number of aromatic nitrogens is 3. The number of thioether (sulfide) groups is 1. The number of furan rings is 1. The van der Waals surface area contributed by atoms with Crippen LogP contribution in [-0.2, 0) is 17.8 Å². The summed E-state index contributed by atoms with van der Waals surface area (Å²) < 4.78 is 7.89. The smallest absolute Gasteiger partial charge is 0.233 e. The van der Waals surface area contributed by atoms with E-state index in [1.54, 1.807) is 11.2 Å². The lowest BCUT2D eigenvalue weighted by Crippen LogP contribution is -2.28. The molecule has 3 rings (SSSR count). The molecule has 2 heterocycles. The molecule has 0 saturated heterocycles. The number of carbonyl (C=O) groups excluding carboxylic acids is 1. The zero-order valence-corrected chi connectivity index (χ0v) is 16.4. The van der Waals surface area contributed by atoms with Crippen LogP contribution in [0.15, 0.2) is 40.2 Å². The van der Waals surface area contributed by atoms with Gasteiger partial charge in [-0.05, 0) is 19.9 Å². The second kappa shape index (κ2) is 7.95. The minimum absolute atomic E-state index is 0.0561. The van der Waals surface area contributed by atoms with Gasteiger partial charge in [0.2, 0.25) is 5.91 Å². The van der Waals surface area contributed by atoms with Crippen LogP contribution in [0.4, 0.5) is 0 Å². The Labute approximate surface area is 157 Å². The molecule has 7 heteroatoms. The average molecular weight is 372 g/mol. The van der Waals surface area contributed by atoms with E-state index < -0.39 is 0 Å². The maximum Gasteiger partial charge on any atom is 0.233 e. The summed E-state index contributed by atoms with van der Waals surface area (Å²) in [6.07, 6.45) is 2.50. The summed E-state index contributed by atoms with van der Waals surface area (Å²) in [7, 11) is 1.83. The number of rotatable bonds is 7. The molecule has 0 N–H and O–H groups in total. The number of nitrogens with zero attached hydrogens (tertiary/aromatic N) is 4. The molecular formula is C19H24N4O2S. The minimum Gasteiger partial charge on any atom is -0.461 e. The van der Waals surface area contributed by atoms with Gasteiger partial charge < -0.3 is 13.9 Å². The van der Waals surface area contributed by atoms with Crippen molar-refractivity contribution < 1.29 is 9.21 Å². The fourth-order valence-electron chi connectivity index (χ4n) is 2.86. The Kier molecular flexibility index (Phi) is 5.66. The molecular weight excluding hydrogens is 348 g/mol. The molecule has 2 aromatic heterocycles. The van der Waals surface area contributed by atoms with Crippen molar-refractivity contribution in [1.82, 2.24) is 19.7 Å². The molecule has 1 aromatic carbocycles. The molecule has 0 aliphatic carbocycles. The van der Waals surface area contributed by atoms with Gasteiger partial charge in [0, 0.05) is 37.0 Å². The van der Waals surface area contributed by atoms with Gasteiger partial charge in [-0.25, -0.2) is 0 Å². The highest BCUT2D eigenvalue weighted by atomic mass is 32.2. The van der Waals surface area contributed by atoms with Crippen molar-refractivity contribution in [3.63, 3.8) is 0 Å². The Morgan fingerprint density at radius 1 is 1.35 bits per heavy atom. The number of para-hydroxylation sites is 1. The Morgan fingerprint density at radius 3 is 2.85 bits per heavy atom. The number of benzene rings is 1. The molecule has 138 valence electrons. The maximum absolute atomic E-state index is 12.6. The molecule has 1 amide bonds. The van der Waals surface area contributed by atoms with Crippen LogP contribution >= 0.6 is 11.8 Å². The van der Waals surface area contributed by atoms with Crippen LogP contribution in [0.3, 0.4) is 0 Å². The van der Waals surface area contributed by atoms with Crippen molar-refractivity contribution in [2.45, 2.75) is 44.9 Å². The van der Waals surface area contributed by atoms with E-state index in [0.717, 1.165) is 33.9 Å². The first-order chi connectivity index (χ1) is 12.5. The molecule has 6 nitrogen and oxygen atoms in total. The average Bonchev–Trinajstić information content (AvgIpc) is 3.24. The molecule has 26 heavy (non-hydrogen) atoms. The van der Waals surface area contributed by atoms with E-state index in [1.165, 1.54) is 11.8 Å². The zero-order valence-electron chi connectivity index (χ0n) is 15.6. The number of fused-ring (bicyclic) bond motifs is 1. The first kappa shape index (κ1) is 18.5. The van der Waals surface area contributed by atoms with Crippen molar-refractivity contribution >= 4 is 28.6 Å². The van der Waals surface area contributed by atoms with Gasteiger partial charge in [0.05, 0.1) is 5.75 Å². The summed E-state index contributed by atoms with van der Waals surface area (Å²) in [5.41, 5.74) is 1.97. The summed E-state index contributed by atoms with van der Waals surface area (Å²) in [6.45, 7) is 6.74. The zero-order chi connectivity index (χ0) is 18.7. The second-order valence-electron chi connectivity index (χ2n) is 6.51. The fraction of sp³-hybridized carbons (Fsp3) is 0.421. The lowest BCUT2D eigenvalue weighted by molar-refractivity contribution is -0.127. The van der Waals surface area contributed by atoms with Crippen LogP contribution in [0.25, 0.3) is 11.0 Å². The van der Waals surface area contributed by atoms with Crippen LogP contribution in [0.2, 0.25) is 0 Å². The van der Waals surface area contributed by atoms with Crippen molar-refractivity contribution in [3.05, 3.63) is 41.9 Å². The van der Waals surface area contributed by atoms with Crippen molar-refractivity contribution in [2.75, 3.05) is 12.8 Å². The van der Waals surface area contributed by atoms with E-state index in [0.29, 0.717) is 12.3 Å². The van der Waals surface area contributed by atoms with E-state index in [2.05, 4.69) is 31.0 Å². The molecule has 0 aliphatic rings. The first-order valence-electron chi connectivity index (χ1n) is 8.76. The predicted molar refractivity (Wildman–Crippen MR) is 103 cm³/mol. The Bertz CT molecular complexity index is 900. The molecule has 0 aliphatic heterocycles. The monoisotopic (exact) mass is 372 g/mol. The van der Waals surface area contributed by atoms with Crippen molar-refractivity contribution in [1.29, 1.82) is 0 Å². The third-order valence-corrected chi connectivity index (χ3v) is 5.29. The summed E-state index contributed by atoms with van der Waals surface area (Å²) in [5, 5.41) is 9.89. The highest BCUT2D eigenvalue weighted by molar-refractivity contribution is 7.99. The van der Waals surface area contributed by atoms with Gasteiger partial charge in [0.1, 0.15) is 17.7 Å². The fourth-order valence-corrected chi connectivity index (χ4v) is 3.84. The standard InChI is InChI=1S/C19H24N4O2S/c1-5-16-15(14-8-6-7-9-17(14)25-16)10-22(4)18(24)11-26-19-21-20-12-23(19)13(2)3/h6-9,12-13H,5,10-11H2,1-4H3. The van der Waals surface area contributed by atoms with Gasteiger partial charge in [-0.2, -0.15) is 0 Å².